The van der Waals surface area contributed by atoms with E-state index in [0.717, 1.165) is 6.54 Å². The van der Waals surface area contributed by atoms with E-state index in [1.807, 2.05) is 13.0 Å². The highest BCUT2D eigenvalue weighted by Gasteiger charge is 2.06. The molecule has 0 radical (unpaired) electrons. The maximum absolute atomic E-state index is 11.2. The van der Waals surface area contributed by atoms with Gasteiger partial charge in [0.25, 0.3) is 0 Å². The number of hydrogen-bond donors (Lipinski definition) is 2. The van der Waals surface area contributed by atoms with Crippen LogP contribution in [0.4, 0.5) is 0 Å². The summed E-state index contributed by atoms with van der Waals surface area (Å²) < 4.78 is 0. The number of amides is 1. The number of carbonyl (C=O) groups is 1. The molecule has 0 aromatic carbocycles. The van der Waals surface area contributed by atoms with E-state index in [-0.39, 0.29) is 5.91 Å². The van der Waals surface area contributed by atoms with Crippen molar-refractivity contribution < 1.29 is 4.79 Å². The van der Waals surface area contributed by atoms with E-state index in [0.29, 0.717) is 19.0 Å². The molecule has 0 unspecified atom stereocenters. The Labute approximate surface area is 94.9 Å². The number of rotatable bonds is 6. The zero-order valence-corrected chi connectivity index (χ0v) is 10.1. The molecule has 0 spiro atoms. The van der Waals surface area contributed by atoms with Crippen LogP contribution in [-0.4, -0.2) is 19.0 Å². The normalized spacial score (nSPS) is 12.4. The van der Waals surface area contributed by atoms with Crippen LogP contribution < -0.4 is 10.6 Å². The quantitative estimate of drug-likeness (QED) is 0.778. The molecule has 2 N–H and O–H groups in total. The van der Waals surface area contributed by atoms with Crippen LogP contribution in [0.1, 0.15) is 31.2 Å². The molecule has 1 aromatic rings. The van der Waals surface area contributed by atoms with Gasteiger partial charge in [0.1, 0.15) is 0 Å². The summed E-state index contributed by atoms with van der Waals surface area (Å²) in [5.74, 6) is 0.114. The van der Waals surface area contributed by atoms with Gasteiger partial charge in [0.05, 0.1) is 0 Å². The van der Waals surface area contributed by atoms with Crippen LogP contribution in [-0.2, 0) is 4.79 Å². The highest BCUT2D eigenvalue weighted by Crippen LogP contribution is 2.17. The summed E-state index contributed by atoms with van der Waals surface area (Å²) >= 11 is 1.74. The highest BCUT2D eigenvalue weighted by molar-refractivity contribution is 7.10. The van der Waals surface area contributed by atoms with Crippen LogP contribution in [0.5, 0.6) is 0 Å². The van der Waals surface area contributed by atoms with Crippen molar-refractivity contribution in [2.45, 2.75) is 26.3 Å². The lowest BCUT2D eigenvalue weighted by Gasteiger charge is -2.11. The Hall–Kier alpha value is -0.870. The summed E-state index contributed by atoms with van der Waals surface area (Å²) in [7, 11) is 0. The van der Waals surface area contributed by atoms with Crippen molar-refractivity contribution in [2.24, 2.45) is 0 Å². The van der Waals surface area contributed by atoms with E-state index in [2.05, 4.69) is 29.0 Å². The van der Waals surface area contributed by atoms with Crippen molar-refractivity contribution in [3.63, 3.8) is 0 Å². The molecule has 0 aliphatic rings. The molecule has 3 nitrogen and oxygen atoms in total. The molecule has 0 saturated carbocycles. The van der Waals surface area contributed by atoms with Gasteiger partial charge in [-0.1, -0.05) is 6.07 Å². The van der Waals surface area contributed by atoms with Crippen molar-refractivity contribution in [3.05, 3.63) is 22.4 Å². The minimum absolute atomic E-state index is 0.114. The predicted molar refractivity (Wildman–Crippen MR) is 64.0 cm³/mol. The molecule has 0 aliphatic heterocycles. The van der Waals surface area contributed by atoms with Gasteiger partial charge in [0.15, 0.2) is 0 Å². The third kappa shape index (κ3) is 4.44. The highest BCUT2D eigenvalue weighted by atomic mass is 32.1. The van der Waals surface area contributed by atoms with Crippen LogP contribution in [0.25, 0.3) is 0 Å². The van der Waals surface area contributed by atoms with Gasteiger partial charge in [0.2, 0.25) is 5.91 Å². The molecule has 1 aromatic heterocycles. The molecule has 15 heavy (non-hydrogen) atoms. The first-order valence-corrected chi connectivity index (χ1v) is 6.15. The summed E-state index contributed by atoms with van der Waals surface area (Å²) in [4.78, 5) is 12.5. The Balaban J connectivity index is 2.18. The van der Waals surface area contributed by atoms with Crippen LogP contribution in [0.3, 0.4) is 0 Å². The van der Waals surface area contributed by atoms with Gasteiger partial charge in [-0.25, -0.2) is 0 Å². The van der Waals surface area contributed by atoms with Crippen molar-refractivity contribution in [2.75, 3.05) is 13.1 Å². The Morgan fingerprint density at radius 3 is 3.00 bits per heavy atom. The summed E-state index contributed by atoms with van der Waals surface area (Å²) in [5.41, 5.74) is 0. The van der Waals surface area contributed by atoms with Gasteiger partial charge in [0, 0.05) is 30.4 Å². The average molecular weight is 226 g/mol. The van der Waals surface area contributed by atoms with E-state index < -0.39 is 0 Å². The molecule has 4 heteroatoms. The maximum atomic E-state index is 11.2. The first-order valence-electron chi connectivity index (χ1n) is 5.27. The smallest absolute Gasteiger partial charge is 0.221 e. The third-order valence-electron chi connectivity index (χ3n) is 2.15. The SMILES string of the molecule is CCNC(=O)CCN[C@H](C)c1cccs1. The summed E-state index contributed by atoms with van der Waals surface area (Å²) in [6.45, 7) is 5.48. The molecule has 1 atom stereocenters. The second-order valence-corrected chi connectivity index (χ2v) is 4.37. The zero-order valence-electron chi connectivity index (χ0n) is 9.25. The lowest BCUT2D eigenvalue weighted by molar-refractivity contribution is -0.120. The molecular weight excluding hydrogens is 208 g/mol. The molecule has 1 rings (SSSR count). The Kier molecular flexibility index (Phi) is 5.36. The molecule has 0 aliphatic carbocycles. The number of thiophene rings is 1. The Morgan fingerprint density at radius 1 is 1.60 bits per heavy atom. The fourth-order valence-corrected chi connectivity index (χ4v) is 2.08. The lowest BCUT2D eigenvalue weighted by atomic mass is 10.2. The van der Waals surface area contributed by atoms with Gasteiger partial charge in [-0.2, -0.15) is 0 Å². The van der Waals surface area contributed by atoms with Crippen molar-refractivity contribution >= 4 is 17.2 Å². The molecule has 0 fully saturated rings. The average Bonchev–Trinajstić information content (AvgIpc) is 2.70. The van der Waals surface area contributed by atoms with E-state index in [4.69, 9.17) is 0 Å². The monoisotopic (exact) mass is 226 g/mol. The molecule has 0 saturated heterocycles. The van der Waals surface area contributed by atoms with E-state index in [1.165, 1.54) is 4.88 Å². The number of hydrogen-bond acceptors (Lipinski definition) is 3. The Morgan fingerprint density at radius 2 is 2.40 bits per heavy atom. The van der Waals surface area contributed by atoms with Gasteiger partial charge < -0.3 is 10.6 Å². The van der Waals surface area contributed by atoms with E-state index >= 15 is 0 Å². The van der Waals surface area contributed by atoms with Gasteiger partial charge >= 0.3 is 0 Å². The third-order valence-corrected chi connectivity index (χ3v) is 3.20. The first-order chi connectivity index (χ1) is 7.24. The summed E-state index contributed by atoms with van der Waals surface area (Å²) in [6.07, 6.45) is 0.545. The number of nitrogens with one attached hydrogen (secondary N) is 2. The van der Waals surface area contributed by atoms with E-state index in [1.54, 1.807) is 11.3 Å². The van der Waals surface area contributed by atoms with Crippen molar-refractivity contribution in [1.29, 1.82) is 0 Å². The predicted octanol–water partition coefficient (Wildman–Crippen LogP) is 1.92. The molecule has 1 heterocycles. The van der Waals surface area contributed by atoms with Crippen LogP contribution in [0, 0.1) is 0 Å². The largest absolute Gasteiger partial charge is 0.356 e. The molecule has 84 valence electrons. The second kappa shape index (κ2) is 6.58. The summed E-state index contributed by atoms with van der Waals surface area (Å²) in [6, 6.07) is 4.48. The zero-order chi connectivity index (χ0) is 11.1. The standard InChI is InChI=1S/C11H18N2OS/c1-3-12-11(14)6-7-13-9(2)10-5-4-8-15-10/h4-5,8-9,13H,3,6-7H2,1-2H3,(H,12,14)/t9-/m1/s1. The topological polar surface area (TPSA) is 41.1 Å². The molecule has 1 amide bonds. The fourth-order valence-electron chi connectivity index (χ4n) is 1.33. The van der Waals surface area contributed by atoms with Crippen LogP contribution in [0.2, 0.25) is 0 Å². The van der Waals surface area contributed by atoms with Crippen LogP contribution in [0.15, 0.2) is 17.5 Å². The van der Waals surface area contributed by atoms with Crippen molar-refractivity contribution in [3.8, 4) is 0 Å². The minimum atomic E-state index is 0.114. The first kappa shape index (κ1) is 12.2. The van der Waals surface area contributed by atoms with Gasteiger partial charge in [-0.3, -0.25) is 4.79 Å². The second-order valence-electron chi connectivity index (χ2n) is 3.39. The Bertz CT molecular complexity index is 285. The van der Waals surface area contributed by atoms with E-state index in [9.17, 15) is 4.79 Å². The number of carbonyl (C=O) groups excluding carboxylic acids is 1. The molecular formula is C11H18N2OS. The minimum Gasteiger partial charge on any atom is -0.356 e. The van der Waals surface area contributed by atoms with Crippen LogP contribution >= 0.6 is 11.3 Å². The van der Waals surface area contributed by atoms with Crippen molar-refractivity contribution in [1.82, 2.24) is 10.6 Å². The van der Waals surface area contributed by atoms with Gasteiger partial charge in [-0.15, -0.1) is 11.3 Å². The van der Waals surface area contributed by atoms with Gasteiger partial charge in [-0.05, 0) is 25.3 Å². The maximum Gasteiger partial charge on any atom is 0.221 e. The lowest BCUT2D eigenvalue weighted by Crippen LogP contribution is -2.28. The summed E-state index contributed by atoms with van der Waals surface area (Å²) in [5, 5.41) is 8.17. The fraction of sp³-hybridized carbons (Fsp3) is 0.545. The molecule has 0 bridgehead atoms.